The molecule has 2 N–H and O–H groups in total. The highest BCUT2D eigenvalue weighted by Gasteiger charge is 2.06. The van der Waals surface area contributed by atoms with Gasteiger partial charge < -0.3 is 10.4 Å². The van der Waals surface area contributed by atoms with Gasteiger partial charge in [-0.3, -0.25) is 0 Å². The van der Waals surface area contributed by atoms with E-state index in [9.17, 15) is 0 Å². The van der Waals surface area contributed by atoms with Crippen LogP contribution < -0.4 is 5.32 Å². The van der Waals surface area contributed by atoms with Crippen LogP contribution in [-0.4, -0.2) is 28.2 Å². The monoisotopic (exact) mass is 209 g/mol. The number of hydrogen-bond donors (Lipinski definition) is 2. The summed E-state index contributed by atoms with van der Waals surface area (Å²) in [6.07, 6.45) is 6.39. The molecule has 1 atom stereocenters. The van der Waals surface area contributed by atoms with Crippen molar-refractivity contribution in [2.24, 2.45) is 5.92 Å². The quantitative estimate of drug-likeness (QED) is 0.717. The van der Waals surface area contributed by atoms with Crippen LogP contribution in [0, 0.1) is 5.92 Å². The summed E-state index contributed by atoms with van der Waals surface area (Å²) in [5, 5.41) is 12.2. The van der Waals surface area contributed by atoms with Gasteiger partial charge in [0.25, 0.3) is 0 Å². The maximum Gasteiger partial charge on any atom is 0.129 e. The summed E-state index contributed by atoms with van der Waals surface area (Å²) in [5.41, 5.74) is 0. The van der Waals surface area contributed by atoms with Gasteiger partial charge >= 0.3 is 0 Å². The Bertz CT molecular complexity index is 247. The second kappa shape index (κ2) is 7.17. The molecule has 0 saturated carbocycles. The van der Waals surface area contributed by atoms with Gasteiger partial charge in [0.05, 0.1) is 0 Å². The third kappa shape index (κ3) is 4.74. The Kier molecular flexibility index (Phi) is 5.70. The number of aromatic nitrogens is 2. The van der Waals surface area contributed by atoms with E-state index in [1.165, 1.54) is 6.33 Å². The molecule has 0 amide bonds. The third-order valence-electron chi connectivity index (χ3n) is 2.39. The maximum absolute atomic E-state index is 8.91. The van der Waals surface area contributed by atoms with Gasteiger partial charge in [0, 0.05) is 19.3 Å². The number of nitrogens with one attached hydrogen (secondary N) is 1. The molecule has 0 aliphatic heterocycles. The Labute approximate surface area is 90.8 Å². The average Bonchev–Trinajstić information content (AvgIpc) is 2.28. The summed E-state index contributed by atoms with van der Waals surface area (Å²) in [6.45, 7) is 3.29. The largest absolute Gasteiger partial charge is 0.396 e. The predicted molar refractivity (Wildman–Crippen MR) is 60.6 cm³/mol. The van der Waals surface area contributed by atoms with Crippen molar-refractivity contribution >= 4 is 5.82 Å². The van der Waals surface area contributed by atoms with E-state index in [0.29, 0.717) is 5.92 Å². The van der Waals surface area contributed by atoms with Crippen molar-refractivity contribution in [2.75, 3.05) is 18.5 Å². The molecule has 1 aromatic heterocycles. The predicted octanol–water partition coefficient (Wildman–Crippen LogP) is 1.69. The Hall–Kier alpha value is -1.16. The lowest BCUT2D eigenvalue weighted by atomic mass is 10.0. The number of rotatable bonds is 7. The molecular weight excluding hydrogens is 190 g/mol. The summed E-state index contributed by atoms with van der Waals surface area (Å²) in [4.78, 5) is 7.94. The van der Waals surface area contributed by atoms with E-state index in [-0.39, 0.29) is 6.61 Å². The van der Waals surface area contributed by atoms with Gasteiger partial charge in [-0.2, -0.15) is 0 Å². The Balaban J connectivity index is 2.33. The fourth-order valence-electron chi connectivity index (χ4n) is 1.58. The molecule has 4 heteroatoms. The normalized spacial score (nSPS) is 12.4. The van der Waals surface area contributed by atoms with Crippen LogP contribution in [-0.2, 0) is 0 Å². The number of nitrogens with zero attached hydrogens (tertiary/aromatic N) is 2. The average molecular weight is 209 g/mol. The van der Waals surface area contributed by atoms with Crippen molar-refractivity contribution in [2.45, 2.75) is 26.2 Å². The molecule has 15 heavy (non-hydrogen) atoms. The van der Waals surface area contributed by atoms with Crippen LogP contribution in [0.25, 0.3) is 0 Å². The van der Waals surface area contributed by atoms with Crippen molar-refractivity contribution in [3.8, 4) is 0 Å². The zero-order valence-electron chi connectivity index (χ0n) is 9.19. The first kappa shape index (κ1) is 11.9. The minimum Gasteiger partial charge on any atom is -0.396 e. The lowest BCUT2D eigenvalue weighted by Crippen LogP contribution is -2.16. The molecule has 84 valence electrons. The molecule has 0 aliphatic carbocycles. The molecule has 1 rings (SSSR count). The molecule has 0 bridgehead atoms. The van der Waals surface area contributed by atoms with Crippen LogP contribution in [0.1, 0.15) is 26.2 Å². The van der Waals surface area contributed by atoms with E-state index >= 15 is 0 Å². The first-order valence-electron chi connectivity index (χ1n) is 5.47. The first-order chi connectivity index (χ1) is 7.36. The maximum atomic E-state index is 8.91. The highest BCUT2D eigenvalue weighted by molar-refractivity contribution is 5.31. The van der Waals surface area contributed by atoms with Crippen molar-refractivity contribution in [3.05, 3.63) is 18.6 Å². The SMILES string of the molecule is CCCC(CCO)CNc1ccncn1. The molecule has 1 heterocycles. The number of anilines is 1. The van der Waals surface area contributed by atoms with E-state index in [0.717, 1.165) is 31.6 Å². The summed E-state index contributed by atoms with van der Waals surface area (Å²) in [5.74, 6) is 1.37. The van der Waals surface area contributed by atoms with Crippen molar-refractivity contribution in [1.82, 2.24) is 9.97 Å². The first-order valence-corrected chi connectivity index (χ1v) is 5.47. The standard InChI is InChI=1S/C11H19N3O/c1-2-3-10(5-7-15)8-13-11-4-6-12-9-14-11/h4,6,9-10,15H,2-3,5,7-8H2,1H3,(H,12,13,14). The molecular formula is C11H19N3O. The van der Waals surface area contributed by atoms with Gasteiger partial charge in [-0.05, 0) is 24.8 Å². The van der Waals surface area contributed by atoms with Gasteiger partial charge in [-0.15, -0.1) is 0 Å². The number of aliphatic hydroxyl groups is 1. The highest BCUT2D eigenvalue weighted by atomic mass is 16.3. The van der Waals surface area contributed by atoms with Crippen molar-refractivity contribution < 1.29 is 5.11 Å². The van der Waals surface area contributed by atoms with Crippen LogP contribution in [0.15, 0.2) is 18.6 Å². The zero-order chi connectivity index (χ0) is 10.9. The van der Waals surface area contributed by atoms with Crippen LogP contribution in [0.3, 0.4) is 0 Å². The van der Waals surface area contributed by atoms with Crippen LogP contribution in [0.5, 0.6) is 0 Å². The zero-order valence-corrected chi connectivity index (χ0v) is 9.19. The van der Waals surface area contributed by atoms with Crippen molar-refractivity contribution in [1.29, 1.82) is 0 Å². The van der Waals surface area contributed by atoms with E-state index in [4.69, 9.17) is 5.11 Å². The molecule has 0 aromatic carbocycles. The lowest BCUT2D eigenvalue weighted by molar-refractivity contribution is 0.255. The van der Waals surface area contributed by atoms with E-state index in [1.54, 1.807) is 6.20 Å². The van der Waals surface area contributed by atoms with Gasteiger partial charge in [-0.25, -0.2) is 9.97 Å². The lowest BCUT2D eigenvalue weighted by Gasteiger charge is -2.15. The molecule has 0 fully saturated rings. The molecule has 0 aliphatic rings. The topological polar surface area (TPSA) is 58.0 Å². The second-order valence-electron chi connectivity index (χ2n) is 3.64. The summed E-state index contributed by atoms with van der Waals surface area (Å²) < 4.78 is 0. The molecule has 4 nitrogen and oxygen atoms in total. The van der Waals surface area contributed by atoms with Crippen LogP contribution in [0.4, 0.5) is 5.82 Å². The fourth-order valence-corrected chi connectivity index (χ4v) is 1.58. The number of hydrogen-bond acceptors (Lipinski definition) is 4. The van der Waals surface area contributed by atoms with E-state index in [2.05, 4.69) is 22.2 Å². The van der Waals surface area contributed by atoms with Crippen LogP contribution >= 0.6 is 0 Å². The smallest absolute Gasteiger partial charge is 0.129 e. The summed E-state index contributed by atoms with van der Waals surface area (Å²) >= 11 is 0. The molecule has 0 radical (unpaired) electrons. The molecule has 1 aromatic rings. The Morgan fingerprint density at radius 2 is 2.33 bits per heavy atom. The van der Waals surface area contributed by atoms with Gasteiger partial charge in [0.1, 0.15) is 12.1 Å². The van der Waals surface area contributed by atoms with Gasteiger partial charge in [0.15, 0.2) is 0 Å². The van der Waals surface area contributed by atoms with E-state index in [1.807, 2.05) is 6.07 Å². The molecule has 1 unspecified atom stereocenters. The summed E-state index contributed by atoms with van der Waals surface area (Å²) in [7, 11) is 0. The van der Waals surface area contributed by atoms with Crippen LogP contribution in [0.2, 0.25) is 0 Å². The minimum atomic E-state index is 0.260. The molecule has 0 saturated heterocycles. The van der Waals surface area contributed by atoms with Crippen molar-refractivity contribution in [3.63, 3.8) is 0 Å². The minimum absolute atomic E-state index is 0.260. The Morgan fingerprint density at radius 1 is 1.47 bits per heavy atom. The van der Waals surface area contributed by atoms with Gasteiger partial charge in [-0.1, -0.05) is 13.3 Å². The fraction of sp³-hybridized carbons (Fsp3) is 0.636. The van der Waals surface area contributed by atoms with E-state index < -0.39 is 0 Å². The Morgan fingerprint density at radius 3 is 2.93 bits per heavy atom. The molecule has 0 spiro atoms. The highest BCUT2D eigenvalue weighted by Crippen LogP contribution is 2.11. The summed E-state index contributed by atoms with van der Waals surface area (Å²) in [6, 6.07) is 1.85. The van der Waals surface area contributed by atoms with Gasteiger partial charge in [0.2, 0.25) is 0 Å². The third-order valence-corrected chi connectivity index (χ3v) is 2.39. The number of aliphatic hydroxyl groups excluding tert-OH is 1. The second-order valence-corrected chi connectivity index (χ2v) is 3.64.